The Morgan fingerprint density at radius 1 is 1.50 bits per heavy atom. The summed E-state index contributed by atoms with van der Waals surface area (Å²) in [6.07, 6.45) is -0.288. The number of hydrogen-bond donors (Lipinski definition) is 1. The van der Waals surface area contributed by atoms with E-state index in [1.54, 1.807) is 6.92 Å². The van der Waals surface area contributed by atoms with E-state index in [-0.39, 0.29) is 31.4 Å². The van der Waals surface area contributed by atoms with Crippen LogP contribution in [0.1, 0.15) is 17.3 Å². The third kappa shape index (κ3) is 2.82. The summed E-state index contributed by atoms with van der Waals surface area (Å²) >= 11 is 0. The lowest BCUT2D eigenvalue weighted by Crippen LogP contribution is -2.44. The maximum absolute atomic E-state index is 13.8. The number of carboxylic acid groups (broad SMARTS) is 1. The molecule has 0 amide bonds. The Labute approximate surface area is 115 Å². The van der Waals surface area contributed by atoms with Crippen LogP contribution < -0.4 is 0 Å². The molecule has 0 saturated carbocycles. The van der Waals surface area contributed by atoms with Crippen LogP contribution in [-0.2, 0) is 14.8 Å². The molecule has 0 bridgehead atoms. The van der Waals surface area contributed by atoms with Crippen LogP contribution in [0.4, 0.5) is 4.39 Å². The van der Waals surface area contributed by atoms with Crippen molar-refractivity contribution in [3.8, 4) is 0 Å². The summed E-state index contributed by atoms with van der Waals surface area (Å²) in [5.74, 6) is -2.27. The number of halogens is 1. The normalized spacial score (nSPS) is 20.8. The van der Waals surface area contributed by atoms with E-state index in [0.717, 1.165) is 22.5 Å². The first-order valence-corrected chi connectivity index (χ1v) is 7.41. The number of carbonyl (C=O) groups is 1. The molecule has 1 aliphatic rings. The first-order chi connectivity index (χ1) is 9.32. The molecule has 1 fully saturated rings. The predicted molar refractivity (Wildman–Crippen MR) is 67.5 cm³/mol. The van der Waals surface area contributed by atoms with Gasteiger partial charge in [0.25, 0.3) is 0 Å². The van der Waals surface area contributed by atoms with E-state index in [2.05, 4.69) is 0 Å². The van der Waals surface area contributed by atoms with Crippen molar-refractivity contribution >= 4 is 16.0 Å². The molecule has 8 heteroatoms. The summed E-state index contributed by atoms with van der Waals surface area (Å²) in [5.41, 5.74) is -0.272. The number of rotatable bonds is 3. The van der Waals surface area contributed by atoms with Crippen LogP contribution in [-0.4, -0.2) is 49.6 Å². The van der Waals surface area contributed by atoms with Gasteiger partial charge in [-0.05, 0) is 25.1 Å². The highest BCUT2D eigenvalue weighted by Gasteiger charge is 2.31. The van der Waals surface area contributed by atoms with Gasteiger partial charge in [-0.1, -0.05) is 0 Å². The Bertz CT molecular complexity index is 631. The molecule has 0 spiro atoms. The molecule has 110 valence electrons. The molecular formula is C12H14FNO5S. The molecule has 1 aromatic carbocycles. The zero-order valence-corrected chi connectivity index (χ0v) is 11.6. The van der Waals surface area contributed by atoms with Gasteiger partial charge < -0.3 is 9.84 Å². The van der Waals surface area contributed by atoms with Crippen molar-refractivity contribution in [2.75, 3.05) is 19.7 Å². The summed E-state index contributed by atoms with van der Waals surface area (Å²) in [5, 5.41) is 8.87. The van der Waals surface area contributed by atoms with Crippen molar-refractivity contribution in [1.82, 2.24) is 4.31 Å². The molecule has 6 nitrogen and oxygen atoms in total. The van der Waals surface area contributed by atoms with Crippen LogP contribution >= 0.6 is 0 Å². The minimum atomic E-state index is -4.07. The molecule has 0 aliphatic carbocycles. The van der Waals surface area contributed by atoms with Gasteiger partial charge in [0.15, 0.2) is 0 Å². The molecule has 1 unspecified atom stereocenters. The SMILES string of the molecule is CC1CN(S(=O)(=O)c2cc(C(=O)O)ccc2F)CCO1. The lowest BCUT2D eigenvalue weighted by Gasteiger charge is -2.30. The van der Waals surface area contributed by atoms with E-state index in [0.29, 0.717) is 0 Å². The number of aromatic carboxylic acids is 1. The number of benzene rings is 1. The standard InChI is InChI=1S/C12H14FNO5S/c1-8-7-14(4-5-19-8)20(17,18)11-6-9(12(15)16)2-3-10(11)13/h2-3,6,8H,4-5,7H2,1H3,(H,15,16). The highest BCUT2D eigenvalue weighted by Crippen LogP contribution is 2.22. The fraction of sp³-hybridized carbons (Fsp3) is 0.417. The maximum atomic E-state index is 13.8. The van der Waals surface area contributed by atoms with Crippen molar-refractivity contribution in [1.29, 1.82) is 0 Å². The van der Waals surface area contributed by atoms with Gasteiger partial charge in [-0.25, -0.2) is 17.6 Å². The Kier molecular flexibility index (Phi) is 4.07. The monoisotopic (exact) mass is 303 g/mol. The quantitative estimate of drug-likeness (QED) is 0.898. The predicted octanol–water partition coefficient (Wildman–Crippen LogP) is 0.933. The van der Waals surface area contributed by atoms with Gasteiger partial charge in [-0.2, -0.15) is 4.31 Å². The first kappa shape index (κ1) is 14.9. The maximum Gasteiger partial charge on any atom is 0.335 e. The van der Waals surface area contributed by atoms with Crippen molar-refractivity contribution < 1.29 is 27.4 Å². The van der Waals surface area contributed by atoms with E-state index < -0.39 is 26.7 Å². The van der Waals surface area contributed by atoms with Crippen molar-refractivity contribution in [2.24, 2.45) is 0 Å². The minimum absolute atomic E-state index is 0.110. The Morgan fingerprint density at radius 2 is 2.20 bits per heavy atom. The Morgan fingerprint density at radius 3 is 2.80 bits per heavy atom. The van der Waals surface area contributed by atoms with Crippen LogP contribution in [0.15, 0.2) is 23.1 Å². The number of hydrogen-bond acceptors (Lipinski definition) is 4. The number of sulfonamides is 1. The van der Waals surface area contributed by atoms with Gasteiger partial charge in [0.2, 0.25) is 10.0 Å². The summed E-state index contributed by atoms with van der Waals surface area (Å²) in [4.78, 5) is 10.2. The van der Waals surface area contributed by atoms with E-state index >= 15 is 0 Å². The van der Waals surface area contributed by atoms with Crippen molar-refractivity contribution in [2.45, 2.75) is 17.9 Å². The van der Waals surface area contributed by atoms with E-state index in [1.165, 1.54) is 0 Å². The van der Waals surface area contributed by atoms with E-state index in [4.69, 9.17) is 9.84 Å². The summed E-state index contributed by atoms with van der Waals surface area (Å²) < 4.78 is 44.8. The van der Waals surface area contributed by atoms with Gasteiger partial charge in [0, 0.05) is 13.1 Å². The second-order valence-electron chi connectivity index (χ2n) is 4.49. The van der Waals surface area contributed by atoms with Crippen LogP contribution in [0.5, 0.6) is 0 Å². The molecule has 1 atom stereocenters. The lowest BCUT2D eigenvalue weighted by molar-refractivity contribution is 0.0101. The summed E-state index contributed by atoms with van der Waals surface area (Å²) in [6.45, 7) is 2.16. The molecule has 0 aromatic heterocycles. The molecule has 1 N–H and O–H groups in total. The van der Waals surface area contributed by atoms with E-state index in [9.17, 15) is 17.6 Å². The second kappa shape index (κ2) is 5.47. The van der Waals surface area contributed by atoms with E-state index in [1.807, 2.05) is 0 Å². The number of ether oxygens (including phenoxy) is 1. The number of morpholine rings is 1. The Balaban J connectivity index is 2.43. The minimum Gasteiger partial charge on any atom is -0.478 e. The van der Waals surface area contributed by atoms with Crippen LogP contribution in [0.25, 0.3) is 0 Å². The molecule has 1 aromatic rings. The highest BCUT2D eigenvalue weighted by molar-refractivity contribution is 7.89. The van der Waals surface area contributed by atoms with Crippen molar-refractivity contribution in [3.63, 3.8) is 0 Å². The smallest absolute Gasteiger partial charge is 0.335 e. The molecule has 20 heavy (non-hydrogen) atoms. The molecule has 1 saturated heterocycles. The van der Waals surface area contributed by atoms with Crippen molar-refractivity contribution in [3.05, 3.63) is 29.6 Å². The third-order valence-corrected chi connectivity index (χ3v) is 4.88. The van der Waals surface area contributed by atoms with Gasteiger partial charge >= 0.3 is 5.97 Å². The van der Waals surface area contributed by atoms with Gasteiger partial charge in [-0.3, -0.25) is 0 Å². The highest BCUT2D eigenvalue weighted by atomic mass is 32.2. The molecule has 1 aliphatic heterocycles. The molecule has 2 rings (SSSR count). The zero-order chi connectivity index (χ0) is 14.9. The van der Waals surface area contributed by atoms with Crippen LogP contribution in [0, 0.1) is 5.82 Å². The van der Waals surface area contributed by atoms with Gasteiger partial charge in [0.1, 0.15) is 10.7 Å². The van der Waals surface area contributed by atoms with Crippen LogP contribution in [0.3, 0.4) is 0 Å². The summed E-state index contributed by atoms with van der Waals surface area (Å²) in [7, 11) is -4.07. The molecule has 1 heterocycles. The van der Waals surface area contributed by atoms with Gasteiger partial charge in [0.05, 0.1) is 18.3 Å². The zero-order valence-electron chi connectivity index (χ0n) is 10.7. The molecule has 0 radical (unpaired) electrons. The topological polar surface area (TPSA) is 83.9 Å². The number of nitrogens with zero attached hydrogens (tertiary/aromatic N) is 1. The fourth-order valence-electron chi connectivity index (χ4n) is 1.98. The third-order valence-electron chi connectivity index (χ3n) is 3.00. The summed E-state index contributed by atoms with van der Waals surface area (Å²) in [6, 6.07) is 2.71. The fourth-order valence-corrected chi connectivity index (χ4v) is 3.57. The van der Waals surface area contributed by atoms with Gasteiger partial charge in [-0.15, -0.1) is 0 Å². The largest absolute Gasteiger partial charge is 0.478 e. The average molecular weight is 303 g/mol. The van der Waals surface area contributed by atoms with Crippen LogP contribution in [0.2, 0.25) is 0 Å². The number of carboxylic acids is 1. The lowest BCUT2D eigenvalue weighted by atomic mass is 10.2. The molecular weight excluding hydrogens is 289 g/mol. The first-order valence-electron chi connectivity index (χ1n) is 5.97. The average Bonchev–Trinajstić information content (AvgIpc) is 2.38. The second-order valence-corrected chi connectivity index (χ2v) is 6.40. The Hall–Kier alpha value is -1.51.